The SMILES string of the molecule is CCOC(=O)C1=C(C)NC2S/C(=C\c3ccc(OC)c4ccccc34)C(=O)N2C1c1ccc(OC(C)C)c(OC)c1. The number of nitrogens with one attached hydrogen (secondary N) is 1. The molecular formula is C32H34N2O6S. The van der Waals surface area contributed by atoms with E-state index in [1.807, 2.05) is 81.4 Å². The summed E-state index contributed by atoms with van der Waals surface area (Å²) in [7, 11) is 3.22. The molecule has 2 aliphatic rings. The van der Waals surface area contributed by atoms with E-state index in [2.05, 4.69) is 5.32 Å². The van der Waals surface area contributed by atoms with Crippen LogP contribution < -0.4 is 19.5 Å². The Labute approximate surface area is 244 Å². The van der Waals surface area contributed by atoms with Gasteiger partial charge in [0.25, 0.3) is 5.91 Å². The van der Waals surface area contributed by atoms with Crippen LogP contribution >= 0.6 is 11.8 Å². The molecule has 1 saturated heterocycles. The van der Waals surface area contributed by atoms with Gasteiger partial charge in [-0.1, -0.05) is 48.2 Å². The van der Waals surface area contributed by atoms with Gasteiger partial charge in [0.15, 0.2) is 17.0 Å². The van der Waals surface area contributed by atoms with Crippen molar-refractivity contribution in [2.24, 2.45) is 0 Å². The van der Waals surface area contributed by atoms with E-state index < -0.39 is 17.5 Å². The van der Waals surface area contributed by atoms with Crippen molar-refractivity contribution < 1.29 is 28.5 Å². The normalized spacial score (nSPS) is 19.4. The van der Waals surface area contributed by atoms with Crippen molar-refractivity contribution in [3.8, 4) is 17.2 Å². The van der Waals surface area contributed by atoms with Crippen LogP contribution in [0.15, 0.2) is 70.8 Å². The van der Waals surface area contributed by atoms with Gasteiger partial charge in [-0.2, -0.15) is 0 Å². The second-order valence-electron chi connectivity index (χ2n) is 9.98. The van der Waals surface area contributed by atoms with E-state index >= 15 is 0 Å². The Hall–Kier alpha value is -4.11. The minimum Gasteiger partial charge on any atom is -0.496 e. The Morgan fingerprint density at radius 2 is 1.73 bits per heavy atom. The van der Waals surface area contributed by atoms with Gasteiger partial charge in [0, 0.05) is 11.1 Å². The number of carbonyl (C=O) groups excluding carboxylic acids is 2. The highest BCUT2D eigenvalue weighted by Crippen LogP contribution is 2.48. The van der Waals surface area contributed by atoms with Crippen LogP contribution in [0.2, 0.25) is 0 Å². The predicted molar refractivity (Wildman–Crippen MR) is 161 cm³/mol. The standard InChI is InChI=1S/C32H34N2O6S/c1-7-39-31(36)28-19(4)33-32-34(29(28)21-13-15-25(40-18(2)3)26(16-21)38-6)30(35)27(41-32)17-20-12-14-24(37-5)23-11-9-8-10-22(20)23/h8-18,29,32-33H,7H2,1-6H3/b27-17-. The smallest absolute Gasteiger partial charge is 0.338 e. The molecule has 3 aromatic carbocycles. The number of hydrogen-bond acceptors (Lipinski definition) is 8. The van der Waals surface area contributed by atoms with Crippen molar-refractivity contribution in [1.29, 1.82) is 0 Å². The zero-order valence-electron chi connectivity index (χ0n) is 24.0. The third-order valence-electron chi connectivity index (χ3n) is 7.02. The van der Waals surface area contributed by atoms with Crippen LogP contribution in [0.3, 0.4) is 0 Å². The number of carbonyl (C=O) groups is 2. The van der Waals surface area contributed by atoms with Crippen LogP contribution in [-0.2, 0) is 14.3 Å². The first kappa shape index (κ1) is 28.4. The minimum absolute atomic E-state index is 0.0477. The number of rotatable bonds is 8. The number of amides is 1. The summed E-state index contributed by atoms with van der Waals surface area (Å²) >= 11 is 1.42. The highest BCUT2D eigenvalue weighted by Gasteiger charge is 2.48. The summed E-state index contributed by atoms with van der Waals surface area (Å²) in [5.41, 5.74) is 2.25. The molecule has 8 nitrogen and oxygen atoms in total. The van der Waals surface area contributed by atoms with Gasteiger partial charge < -0.3 is 24.3 Å². The number of hydrogen-bond donors (Lipinski definition) is 1. The molecule has 0 saturated carbocycles. The molecule has 2 atom stereocenters. The quantitative estimate of drug-likeness (QED) is 0.258. The molecule has 0 spiro atoms. The average molecular weight is 575 g/mol. The van der Waals surface area contributed by atoms with Crippen molar-refractivity contribution in [2.45, 2.75) is 45.3 Å². The minimum atomic E-state index is -0.694. The van der Waals surface area contributed by atoms with Gasteiger partial charge in [-0.15, -0.1) is 0 Å². The third kappa shape index (κ3) is 5.34. The molecule has 5 rings (SSSR count). The zero-order valence-corrected chi connectivity index (χ0v) is 24.8. The van der Waals surface area contributed by atoms with Crippen molar-refractivity contribution in [1.82, 2.24) is 10.2 Å². The monoisotopic (exact) mass is 574 g/mol. The van der Waals surface area contributed by atoms with E-state index in [1.165, 1.54) is 11.8 Å². The summed E-state index contributed by atoms with van der Waals surface area (Å²) in [6.45, 7) is 7.70. The Bertz CT molecular complexity index is 1560. The Morgan fingerprint density at radius 1 is 1.02 bits per heavy atom. The largest absolute Gasteiger partial charge is 0.496 e. The molecule has 0 radical (unpaired) electrons. The lowest BCUT2D eigenvalue weighted by molar-refractivity contribution is -0.140. The summed E-state index contributed by atoms with van der Waals surface area (Å²) in [6, 6.07) is 16.6. The van der Waals surface area contributed by atoms with Gasteiger partial charge in [-0.05, 0) is 68.5 Å². The number of esters is 1. The fourth-order valence-corrected chi connectivity index (χ4v) is 6.47. The maximum absolute atomic E-state index is 14.1. The van der Waals surface area contributed by atoms with E-state index in [9.17, 15) is 9.59 Å². The van der Waals surface area contributed by atoms with E-state index in [0.29, 0.717) is 27.7 Å². The third-order valence-corrected chi connectivity index (χ3v) is 8.13. The van der Waals surface area contributed by atoms with Crippen LogP contribution in [-0.4, -0.2) is 49.2 Å². The van der Waals surface area contributed by atoms with Gasteiger partial charge in [-0.3, -0.25) is 9.69 Å². The van der Waals surface area contributed by atoms with Gasteiger partial charge in [0.2, 0.25) is 0 Å². The zero-order chi connectivity index (χ0) is 29.3. The Kier molecular flexibility index (Phi) is 8.17. The predicted octanol–water partition coefficient (Wildman–Crippen LogP) is 6.03. The summed E-state index contributed by atoms with van der Waals surface area (Å²) in [5.74, 6) is 1.22. The first-order chi connectivity index (χ1) is 19.8. The van der Waals surface area contributed by atoms with Gasteiger partial charge in [0.05, 0.1) is 43.5 Å². The average Bonchev–Trinajstić information content (AvgIpc) is 3.26. The number of thioether (sulfide) groups is 1. The second kappa shape index (κ2) is 11.8. The molecule has 2 heterocycles. The fourth-order valence-electron chi connectivity index (χ4n) is 5.26. The summed E-state index contributed by atoms with van der Waals surface area (Å²) < 4.78 is 22.6. The number of ether oxygens (including phenoxy) is 4. The molecule has 1 N–H and O–H groups in total. The van der Waals surface area contributed by atoms with E-state index in [1.54, 1.807) is 26.0 Å². The van der Waals surface area contributed by atoms with Gasteiger partial charge >= 0.3 is 5.97 Å². The molecule has 0 aliphatic carbocycles. The first-order valence-electron chi connectivity index (χ1n) is 13.5. The summed E-state index contributed by atoms with van der Waals surface area (Å²) in [4.78, 5) is 29.7. The molecule has 3 aromatic rings. The molecule has 41 heavy (non-hydrogen) atoms. The van der Waals surface area contributed by atoms with Crippen LogP contribution in [0.4, 0.5) is 0 Å². The highest BCUT2D eigenvalue weighted by atomic mass is 32.2. The van der Waals surface area contributed by atoms with Crippen molar-refractivity contribution in [3.63, 3.8) is 0 Å². The highest BCUT2D eigenvalue weighted by molar-refractivity contribution is 8.05. The van der Waals surface area contributed by atoms with Gasteiger partial charge in [0.1, 0.15) is 5.75 Å². The topological polar surface area (TPSA) is 86.3 Å². The molecule has 214 valence electrons. The molecule has 2 unspecified atom stereocenters. The van der Waals surface area contributed by atoms with Crippen LogP contribution in [0.5, 0.6) is 17.2 Å². The lowest BCUT2D eigenvalue weighted by atomic mass is 9.93. The van der Waals surface area contributed by atoms with E-state index in [4.69, 9.17) is 18.9 Å². The lowest BCUT2D eigenvalue weighted by Crippen LogP contribution is -2.50. The maximum Gasteiger partial charge on any atom is 0.338 e. The van der Waals surface area contributed by atoms with Crippen molar-refractivity contribution in [2.75, 3.05) is 20.8 Å². The number of allylic oxidation sites excluding steroid dienone is 1. The Morgan fingerprint density at radius 3 is 2.41 bits per heavy atom. The molecule has 0 bridgehead atoms. The molecular weight excluding hydrogens is 540 g/mol. The first-order valence-corrected chi connectivity index (χ1v) is 14.4. The number of benzene rings is 3. The van der Waals surface area contributed by atoms with E-state index in [0.717, 1.165) is 27.6 Å². The second-order valence-corrected chi connectivity index (χ2v) is 11.1. The summed E-state index contributed by atoms with van der Waals surface area (Å²) in [5, 5.41) is 5.31. The van der Waals surface area contributed by atoms with Crippen molar-refractivity contribution >= 4 is 40.5 Å². The molecule has 9 heteroatoms. The van der Waals surface area contributed by atoms with Crippen molar-refractivity contribution in [3.05, 3.63) is 81.9 Å². The fraction of sp³-hybridized carbons (Fsp3) is 0.312. The summed E-state index contributed by atoms with van der Waals surface area (Å²) in [6.07, 6.45) is 1.86. The lowest BCUT2D eigenvalue weighted by Gasteiger charge is -2.39. The molecule has 2 aliphatic heterocycles. The molecule has 1 amide bonds. The van der Waals surface area contributed by atoms with Crippen LogP contribution in [0.25, 0.3) is 16.8 Å². The van der Waals surface area contributed by atoms with Gasteiger partial charge in [-0.25, -0.2) is 4.79 Å². The molecule has 0 aromatic heterocycles. The van der Waals surface area contributed by atoms with E-state index in [-0.39, 0.29) is 18.6 Å². The molecule has 1 fully saturated rings. The van der Waals surface area contributed by atoms with Crippen LogP contribution in [0.1, 0.15) is 44.9 Å². The Balaban J connectivity index is 1.60. The number of methoxy groups -OCH3 is 2. The maximum atomic E-state index is 14.1. The van der Waals surface area contributed by atoms with Crippen LogP contribution in [0, 0.1) is 0 Å². The number of fused-ring (bicyclic) bond motifs is 2. The number of nitrogens with zero attached hydrogens (tertiary/aromatic N) is 1.